The van der Waals surface area contributed by atoms with Gasteiger partial charge in [0.15, 0.2) is 5.60 Å². The lowest BCUT2D eigenvalue weighted by Crippen LogP contribution is -2.47. The normalized spacial score (nSPS) is 32.8. The van der Waals surface area contributed by atoms with Crippen molar-refractivity contribution in [3.63, 3.8) is 0 Å². The highest BCUT2D eigenvalue weighted by molar-refractivity contribution is 5.77. The van der Waals surface area contributed by atoms with Gasteiger partial charge in [-0.05, 0) is 49.4 Å². The molecule has 0 saturated heterocycles. The molecule has 5 atom stereocenters. The number of allylic oxidation sites excluding steroid dienone is 1. The lowest BCUT2D eigenvalue weighted by atomic mass is 9.54. The van der Waals surface area contributed by atoms with Crippen molar-refractivity contribution in [3.8, 4) is 0 Å². The van der Waals surface area contributed by atoms with Crippen LogP contribution in [0.5, 0.6) is 0 Å². The maximum Gasteiger partial charge on any atom is 0.417 e. The first kappa shape index (κ1) is 21.3. The van der Waals surface area contributed by atoms with Crippen molar-refractivity contribution in [2.24, 2.45) is 23.2 Å². The smallest absolute Gasteiger partial charge is 0.380 e. The van der Waals surface area contributed by atoms with Crippen molar-refractivity contribution < 1.29 is 23.1 Å². The third-order valence-electron chi connectivity index (χ3n) is 6.61. The molecule has 0 aromatic carbocycles. The summed E-state index contributed by atoms with van der Waals surface area (Å²) in [6.45, 7) is 7.59. The molecule has 1 amide bonds. The van der Waals surface area contributed by atoms with Crippen molar-refractivity contribution >= 4 is 5.91 Å². The van der Waals surface area contributed by atoms with Crippen LogP contribution in [0, 0.1) is 23.2 Å². The number of amides is 1. The molecule has 3 nitrogen and oxygen atoms in total. The van der Waals surface area contributed by atoms with Crippen LogP contribution in [-0.2, 0) is 4.79 Å². The number of carbonyl (C=O) groups excluding carboxylic acids is 1. The molecule has 0 bridgehead atoms. The van der Waals surface area contributed by atoms with Gasteiger partial charge >= 0.3 is 6.18 Å². The zero-order valence-electron chi connectivity index (χ0n) is 16.2. The monoisotopic (exact) mass is 375 g/mol. The first-order valence-corrected chi connectivity index (χ1v) is 9.65. The van der Waals surface area contributed by atoms with E-state index in [1.807, 2.05) is 6.92 Å². The van der Waals surface area contributed by atoms with E-state index < -0.39 is 24.1 Å². The van der Waals surface area contributed by atoms with Crippen LogP contribution >= 0.6 is 0 Å². The van der Waals surface area contributed by atoms with Crippen LogP contribution in [0.25, 0.3) is 0 Å². The zero-order chi connectivity index (χ0) is 19.8. The average molecular weight is 375 g/mol. The summed E-state index contributed by atoms with van der Waals surface area (Å²) in [7, 11) is 0. The minimum atomic E-state index is -4.82. The maximum atomic E-state index is 12.7. The number of halogens is 3. The Hall–Kier alpha value is -1.04. The van der Waals surface area contributed by atoms with Gasteiger partial charge in [0.2, 0.25) is 5.91 Å². The number of alkyl halides is 3. The molecule has 2 unspecified atom stereocenters. The van der Waals surface area contributed by atoms with Gasteiger partial charge in [-0.25, -0.2) is 0 Å². The Bertz CT molecular complexity index is 556. The molecule has 2 aliphatic carbocycles. The molecule has 1 fully saturated rings. The van der Waals surface area contributed by atoms with Gasteiger partial charge < -0.3 is 10.4 Å². The molecular formula is C20H32F3NO2. The predicted octanol–water partition coefficient (Wildman–Crippen LogP) is 4.60. The second kappa shape index (κ2) is 7.53. The highest BCUT2D eigenvalue weighted by Gasteiger charge is 2.51. The molecule has 0 spiro atoms. The summed E-state index contributed by atoms with van der Waals surface area (Å²) in [6, 6.07) is 0. The molecular weight excluding hydrogens is 343 g/mol. The largest absolute Gasteiger partial charge is 0.417 e. The van der Waals surface area contributed by atoms with Crippen LogP contribution in [0.1, 0.15) is 66.2 Å². The molecule has 150 valence electrons. The van der Waals surface area contributed by atoms with Gasteiger partial charge in [0.05, 0.1) is 6.42 Å². The second-order valence-corrected chi connectivity index (χ2v) is 8.78. The van der Waals surface area contributed by atoms with Crippen LogP contribution in [0.3, 0.4) is 0 Å². The summed E-state index contributed by atoms with van der Waals surface area (Å²) in [5.41, 5.74) is -1.54. The molecule has 2 rings (SSSR count). The number of rotatable bonds is 5. The van der Waals surface area contributed by atoms with Crippen LogP contribution in [-0.4, -0.2) is 29.3 Å². The number of nitrogens with one attached hydrogen (secondary N) is 1. The molecule has 0 aromatic heterocycles. The molecule has 26 heavy (non-hydrogen) atoms. The van der Waals surface area contributed by atoms with Gasteiger partial charge in [-0.15, -0.1) is 0 Å². The Balaban J connectivity index is 1.98. The van der Waals surface area contributed by atoms with Gasteiger partial charge in [0.25, 0.3) is 0 Å². The van der Waals surface area contributed by atoms with E-state index in [2.05, 4.69) is 25.2 Å². The Morgan fingerprint density at radius 2 is 2.08 bits per heavy atom. The third kappa shape index (κ3) is 4.26. The summed E-state index contributed by atoms with van der Waals surface area (Å²) in [5, 5.41) is 12.1. The van der Waals surface area contributed by atoms with E-state index in [9.17, 15) is 23.1 Å². The molecule has 0 aromatic rings. The standard InChI is InChI=1S/C20H32F3NO2/c1-13-7-6-10-18(3)15(13)8-5-9-16(18)14(2)12-24-17(25)11-19(4,26)20(21,22)23/h9,13-15,26H,5-8,10-12H2,1-4H3,(H,24,25)/t13-,14+,15?,18-,19?/m0/s1. The summed E-state index contributed by atoms with van der Waals surface area (Å²) in [5.74, 6) is 0.628. The van der Waals surface area contributed by atoms with Crippen molar-refractivity contribution in [3.05, 3.63) is 11.6 Å². The van der Waals surface area contributed by atoms with Crippen LogP contribution in [0.4, 0.5) is 13.2 Å². The van der Waals surface area contributed by atoms with Gasteiger partial charge in [-0.2, -0.15) is 13.2 Å². The minimum absolute atomic E-state index is 0.0767. The van der Waals surface area contributed by atoms with Crippen molar-refractivity contribution in [1.82, 2.24) is 5.32 Å². The Morgan fingerprint density at radius 3 is 2.69 bits per heavy atom. The molecule has 0 heterocycles. The predicted molar refractivity (Wildman–Crippen MR) is 95.4 cm³/mol. The van der Waals surface area contributed by atoms with Crippen molar-refractivity contribution in [2.75, 3.05) is 6.54 Å². The Morgan fingerprint density at radius 1 is 1.42 bits per heavy atom. The second-order valence-electron chi connectivity index (χ2n) is 8.78. The van der Waals surface area contributed by atoms with E-state index in [1.165, 1.54) is 24.8 Å². The quantitative estimate of drug-likeness (QED) is 0.690. The lowest BCUT2D eigenvalue weighted by Gasteiger charge is -2.51. The number of fused-ring (bicyclic) bond motifs is 1. The summed E-state index contributed by atoms with van der Waals surface area (Å²) in [4.78, 5) is 11.9. The average Bonchev–Trinajstić information content (AvgIpc) is 2.50. The first-order valence-electron chi connectivity index (χ1n) is 9.65. The van der Waals surface area contributed by atoms with E-state index in [-0.39, 0.29) is 11.3 Å². The first-order chi connectivity index (χ1) is 11.9. The highest BCUT2D eigenvalue weighted by Crippen LogP contribution is 2.55. The van der Waals surface area contributed by atoms with Crippen molar-refractivity contribution in [1.29, 1.82) is 0 Å². The van der Waals surface area contributed by atoms with Gasteiger partial charge in [0, 0.05) is 6.54 Å². The zero-order valence-corrected chi connectivity index (χ0v) is 16.2. The fourth-order valence-corrected chi connectivity index (χ4v) is 5.04. The highest BCUT2D eigenvalue weighted by atomic mass is 19.4. The Kier molecular flexibility index (Phi) is 6.16. The van der Waals surface area contributed by atoms with E-state index in [0.717, 1.165) is 12.8 Å². The fraction of sp³-hybridized carbons (Fsp3) is 0.850. The lowest BCUT2D eigenvalue weighted by molar-refractivity contribution is -0.253. The minimum Gasteiger partial charge on any atom is -0.380 e. The van der Waals surface area contributed by atoms with Gasteiger partial charge in [-0.3, -0.25) is 4.79 Å². The summed E-state index contributed by atoms with van der Waals surface area (Å²) < 4.78 is 38.2. The van der Waals surface area contributed by atoms with Crippen LogP contribution in [0.15, 0.2) is 11.6 Å². The third-order valence-corrected chi connectivity index (χ3v) is 6.61. The number of hydrogen-bond acceptors (Lipinski definition) is 2. The van der Waals surface area contributed by atoms with E-state index in [1.54, 1.807) is 0 Å². The summed E-state index contributed by atoms with van der Waals surface area (Å²) in [6.07, 6.45) is 2.28. The number of aliphatic hydroxyl groups is 1. The van der Waals surface area contributed by atoms with E-state index in [4.69, 9.17) is 0 Å². The number of hydrogen-bond donors (Lipinski definition) is 2. The van der Waals surface area contributed by atoms with Crippen LogP contribution in [0.2, 0.25) is 0 Å². The maximum absolute atomic E-state index is 12.7. The summed E-state index contributed by atoms with van der Waals surface area (Å²) >= 11 is 0. The molecule has 0 aliphatic heterocycles. The van der Waals surface area contributed by atoms with E-state index in [0.29, 0.717) is 25.3 Å². The number of carbonyl (C=O) groups is 1. The van der Waals surface area contributed by atoms with Crippen LogP contribution < -0.4 is 5.32 Å². The fourth-order valence-electron chi connectivity index (χ4n) is 5.04. The molecule has 2 aliphatic rings. The Labute approximate surface area is 154 Å². The topological polar surface area (TPSA) is 49.3 Å². The molecule has 2 N–H and O–H groups in total. The molecule has 6 heteroatoms. The van der Waals surface area contributed by atoms with Gasteiger partial charge in [-0.1, -0.05) is 45.3 Å². The molecule has 1 saturated carbocycles. The SMILES string of the molecule is C[C@H](CNC(=O)CC(C)(O)C(F)(F)F)C1=CCCC2[C@@H](C)CCC[C@]12C. The van der Waals surface area contributed by atoms with Gasteiger partial charge in [0.1, 0.15) is 0 Å². The van der Waals surface area contributed by atoms with Crippen molar-refractivity contribution in [2.45, 2.75) is 78.0 Å². The van der Waals surface area contributed by atoms with E-state index >= 15 is 0 Å². The molecule has 0 radical (unpaired) electrons.